The number of hydrogen-bond donors (Lipinski definition) is 1. The van der Waals surface area contributed by atoms with Crippen molar-refractivity contribution in [2.45, 2.75) is 51.8 Å². The summed E-state index contributed by atoms with van der Waals surface area (Å²) in [5.74, 6) is 1.34. The van der Waals surface area contributed by atoms with Crippen LogP contribution in [-0.2, 0) is 6.42 Å². The fraction of sp³-hybridized carbons (Fsp3) is 0.625. The summed E-state index contributed by atoms with van der Waals surface area (Å²) in [5, 5.41) is 3.63. The molecule has 0 aliphatic rings. The van der Waals surface area contributed by atoms with E-state index in [0.717, 1.165) is 30.6 Å². The number of halogens is 2. The molecule has 1 N–H and O–H groups in total. The second-order valence-corrected chi connectivity index (χ2v) is 6.10. The molecule has 1 aromatic rings. The first kappa shape index (κ1) is 18.2. The molecule has 120 valence electrons. The molecule has 0 saturated heterocycles. The molecule has 2 atom stereocenters. The van der Waals surface area contributed by atoms with Crippen LogP contribution in [0.4, 0.5) is 8.78 Å². The third-order valence-corrected chi connectivity index (χ3v) is 4.13. The van der Waals surface area contributed by atoms with Crippen molar-refractivity contribution < 1.29 is 13.5 Å². The smallest absolute Gasteiger partial charge is 0.387 e. The molecule has 0 spiro atoms. The van der Waals surface area contributed by atoms with Gasteiger partial charge < -0.3 is 10.1 Å². The van der Waals surface area contributed by atoms with E-state index in [1.54, 1.807) is 12.1 Å². The van der Waals surface area contributed by atoms with Gasteiger partial charge in [0.05, 0.1) is 0 Å². The Bertz CT molecular complexity index is 386. The van der Waals surface area contributed by atoms with Crippen molar-refractivity contribution in [2.75, 3.05) is 12.0 Å². The Morgan fingerprint density at radius 3 is 2.43 bits per heavy atom. The maximum atomic E-state index is 12.1. The van der Waals surface area contributed by atoms with Gasteiger partial charge in [-0.15, -0.1) is 0 Å². The summed E-state index contributed by atoms with van der Waals surface area (Å²) in [5.41, 5.74) is 1.14. The molecule has 2 unspecified atom stereocenters. The average molecular weight is 317 g/mol. The standard InChI is InChI=1S/C16H25F2NOS/c1-4-14(11-21-3)19-12(2)5-6-13-7-9-15(10-8-13)20-16(17)18/h7-10,12,14,16,19H,4-6,11H2,1-3H3. The first-order valence-corrected chi connectivity index (χ1v) is 8.73. The summed E-state index contributed by atoms with van der Waals surface area (Å²) in [4.78, 5) is 0. The quantitative estimate of drug-likeness (QED) is 0.693. The Morgan fingerprint density at radius 1 is 1.24 bits per heavy atom. The first-order valence-electron chi connectivity index (χ1n) is 7.33. The maximum absolute atomic E-state index is 12.1. The number of benzene rings is 1. The molecular weight excluding hydrogens is 292 g/mol. The predicted octanol–water partition coefficient (Wildman–Crippen LogP) is 4.34. The highest BCUT2D eigenvalue weighted by Gasteiger charge is 2.10. The van der Waals surface area contributed by atoms with Crippen molar-refractivity contribution in [3.05, 3.63) is 29.8 Å². The molecule has 0 amide bonds. The number of hydrogen-bond acceptors (Lipinski definition) is 3. The molecule has 0 fully saturated rings. The van der Waals surface area contributed by atoms with E-state index in [2.05, 4.69) is 30.2 Å². The van der Waals surface area contributed by atoms with Crippen LogP contribution in [-0.4, -0.2) is 30.7 Å². The van der Waals surface area contributed by atoms with E-state index in [9.17, 15) is 8.78 Å². The molecule has 0 saturated carbocycles. The Hall–Kier alpha value is -0.810. The monoisotopic (exact) mass is 317 g/mol. The van der Waals surface area contributed by atoms with Gasteiger partial charge in [-0.25, -0.2) is 0 Å². The zero-order chi connectivity index (χ0) is 15.7. The highest BCUT2D eigenvalue weighted by atomic mass is 32.2. The summed E-state index contributed by atoms with van der Waals surface area (Å²) < 4.78 is 28.5. The normalized spacial score (nSPS) is 14.2. The Balaban J connectivity index is 2.36. The van der Waals surface area contributed by atoms with E-state index < -0.39 is 6.61 Å². The Kier molecular flexibility index (Phi) is 8.69. The van der Waals surface area contributed by atoms with Crippen molar-refractivity contribution in [3.8, 4) is 5.75 Å². The van der Waals surface area contributed by atoms with E-state index in [1.807, 2.05) is 23.9 Å². The van der Waals surface area contributed by atoms with Crippen LogP contribution in [0, 0.1) is 0 Å². The molecule has 1 aromatic carbocycles. The molecule has 0 aliphatic heterocycles. The minimum Gasteiger partial charge on any atom is -0.435 e. The highest BCUT2D eigenvalue weighted by Crippen LogP contribution is 2.16. The van der Waals surface area contributed by atoms with Gasteiger partial charge in [0, 0.05) is 17.8 Å². The summed E-state index contributed by atoms with van der Waals surface area (Å²) in [6.45, 7) is 1.63. The first-order chi connectivity index (χ1) is 10.0. The molecular formula is C16H25F2NOS. The fourth-order valence-electron chi connectivity index (χ4n) is 2.19. The SMILES string of the molecule is CCC(CSC)NC(C)CCc1ccc(OC(F)F)cc1. The van der Waals surface area contributed by atoms with Gasteiger partial charge in [-0.05, 0) is 50.1 Å². The van der Waals surface area contributed by atoms with Crippen molar-refractivity contribution in [2.24, 2.45) is 0 Å². The molecule has 5 heteroatoms. The molecule has 0 radical (unpaired) electrons. The van der Waals surface area contributed by atoms with Gasteiger partial charge in [0.1, 0.15) is 5.75 Å². The number of nitrogens with one attached hydrogen (secondary N) is 1. The van der Waals surface area contributed by atoms with Gasteiger partial charge in [0.25, 0.3) is 0 Å². The van der Waals surface area contributed by atoms with Crippen LogP contribution in [0.15, 0.2) is 24.3 Å². The summed E-state index contributed by atoms with van der Waals surface area (Å²) in [6.07, 6.45) is 5.21. The van der Waals surface area contributed by atoms with Gasteiger partial charge in [0.2, 0.25) is 0 Å². The van der Waals surface area contributed by atoms with E-state index in [-0.39, 0.29) is 5.75 Å². The van der Waals surface area contributed by atoms with Crippen LogP contribution in [0.25, 0.3) is 0 Å². The fourth-order valence-corrected chi connectivity index (χ4v) is 2.93. The van der Waals surface area contributed by atoms with Gasteiger partial charge >= 0.3 is 6.61 Å². The number of thioether (sulfide) groups is 1. The van der Waals surface area contributed by atoms with Crippen LogP contribution in [0.2, 0.25) is 0 Å². The third-order valence-electron chi connectivity index (χ3n) is 3.40. The molecule has 0 aliphatic carbocycles. The second kappa shape index (κ2) is 10.0. The van der Waals surface area contributed by atoms with Gasteiger partial charge in [0.15, 0.2) is 0 Å². The van der Waals surface area contributed by atoms with Crippen molar-refractivity contribution >= 4 is 11.8 Å². The van der Waals surface area contributed by atoms with Crippen LogP contribution in [0.1, 0.15) is 32.3 Å². The summed E-state index contributed by atoms with van der Waals surface area (Å²) in [7, 11) is 0. The van der Waals surface area contributed by atoms with Gasteiger partial charge in [-0.3, -0.25) is 0 Å². The zero-order valence-corrected chi connectivity index (χ0v) is 13.8. The van der Waals surface area contributed by atoms with Crippen LogP contribution >= 0.6 is 11.8 Å². The van der Waals surface area contributed by atoms with Crippen LogP contribution in [0.5, 0.6) is 5.75 Å². The number of alkyl halides is 2. The Morgan fingerprint density at radius 2 is 1.90 bits per heavy atom. The second-order valence-electron chi connectivity index (χ2n) is 5.19. The summed E-state index contributed by atoms with van der Waals surface area (Å²) >= 11 is 1.86. The molecule has 0 bridgehead atoms. The largest absolute Gasteiger partial charge is 0.435 e. The van der Waals surface area contributed by atoms with Crippen molar-refractivity contribution in [3.63, 3.8) is 0 Å². The molecule has 21 heavy (non-hydrogen) atoms. The number of ether oxygens (including phenoxy) is 1. The molecule has 1 rings (SSSR count). The topological polar surface area (TPSA) is 21.3 Å². The molecule has 2 nitrogen and oxygen atoms in total. The number of rotatable bonds is 10. The molecule has 0 aromatic heterocycles. The van der Waals surface area contributed by atoms with Crippen LogP contribution < -0.4 is 10.1 Å². The van der Waals surface area contributed by atoms with E-state index >= 15 is 0 Å². The lowest BCUT2D eigenvalue weighted by molar-refractivity contribution is -0.0498. The van der Waals surface area contributed by atoms with Crippen molar-refractivity contribution in [1.82, 2.24) is 5.32 Å². The van der Waals surface area contributed by atoms with E-state index in [4.69, 9.17) is 0 Å². The average Bonchev–Trinajstić information content (AvgIpc) is 2.45. The van der Waals surface area contributed by atoms with Gasteiger partial charge in [-0.2, -0.15) is 20.5 Å². The lowest BCUT2D eigenvalue weighted by atomic mass is 10.1. The number of aryl methyl sites for hydroxylation is 1. The van der Waals surface area contributed by atoms with E-state index in [0.29, 0.717) is 12.1 Å². The minimum absolute atomic E-state index is 0.214. The third kappa shape index (κ3) is 7.67. The highest BCUT2D eigenvalue weighted by molar-refractivity contribution is 7.98. The minimum atomic E-state index is -2.76. The zero-order valence-electron chi connectivity index (χ0n) is 12.9. The van der Waals surface area contributed by atoms with Crippen molar-refractivity contribution in [1.29, 1.82) is 0 Å². The molecule has 0 heterocycles. The maximum Gasteiger partial charge on any atom is 0.387 e. The lowest BCUT2D eigenvalue weighted by Gasteiger charge is -2.21. The van der Waals surface area contributed by atoms with E-state index in [1.165, 1.54) is 0 Å². The summed E-state index contributed by atoms with van der Waals surface area (Å²) in [6, 6.07) is 7.90. The predicted molar refractivity (Wildman–Crippen MR) is 86.5 cm³/mol. The Labute approximate surface area is 130 Å². The lowest BCUT2D eigenvalue weighted by Crippen LogP contribution is -2.38. The van der Waals surface area contributed by atoms with Gasteiger partial charge in [-0.1, -0.05) is 19.1 Å². The van der Waals surface area contributed by atoms with Crippen LogP contribution in [0.3, 0.4) is 0 Å².